The number of nitrogens with zero attached hydrogens (tertiary/aromatic N) is 3. The molecule has 0 aliphatic carbocycles. The van der Waals surface area contributed by atoms with E-state index < -0.39 is 0 Å². The second-order valence-corrected chi connectivity index (χ2v) is 6.86. The lowest BCUT2D eigenvalue weighted by atomic mass is 10.0. The van der Waals surface area contributed by atoms with Crippen molar-refractivity contribution >= 4 is 11.0 Å². The van der Waals surface area contributed by atoms with Gasteiger partial charge in [0.1, 0.15) is 11.5 Å². The SMILES string of the molecule is Cc1c2n(c3ncc(-c4ccccc4F)cc13)CCN(C(C)C)C2. The standard InChI is InChI=1S/C20H22FN3/c1-13(2)23-8-9-24-19(12-23)14(3)17-10-15(11-22-20(17)24)16-6-4-5-7-18(16)21/h4-7,10-11,13H,8-9,12H2,1-3H3. The lowest BCUT2D eigenvalue weighted by Gasteiger charge is -2.32. The summed E-state index contributed by atoms with van der Waals surface area (Å²) in [5, 5.41) is 1.14. The molecule has 2 aromatic heterocycles. The van der Waals surface area contributed by atoms with Crippen molar-refractivity contribution < 1.29 is 4.39 Å². The summed E-state index contributed by atoms with van der Waals surface area (Å²) in [6.45, 7) is 9.60. The summed E-state index contributed by atoms with van der Waals surface area (Å²) < 4.78 is 16.4. The van der Waals surface area contributed by atoms with Crippen LogP contribution in [0.25, 0.3) is 22.2 Å². The third-order valence-electron chi connectivity index (χ3n) is 5.16. The number of hydrogen-bond acceptors (Lipinski definition) is 2. The molecule has 0 unspecified atom stereocenters. The molecule has 3 aromatic rings. The number of pyridine rings is 1. The monoisotopic (exact) mass is 323 g/mol. The molecule has 0 fully saturated rings. The molecule has 0 N–H and O–H groups in total. The molecule has 0 amide bonds. The van der Waals surface area contributed by atoms with Gasteiger partial charge in [-0.1, -0.05) is 18.2 Å². The van der Waals surface area contributed by atoms with Crippen LogP contribution in [0.5, 0.6) is 0 Å². The van der Waals surface area contributed by atoms with Gasteiger partial charge in [0.2, 0.25) is 0 Å². The molecule has 24 heavy (non-hydrogen) atoms. The molecule has 0 saturated carbocycles. The predicted molar refractivity (Wildman–Crippen MR) is 95.4 cm³/mol. The van der Waals surface area contributed by atoms with Crippen LogP contribution in [-0.2, 0) is 13.1 Å². The predicted octanol–water partition coefficient (Wildman–Crippen LogP) is 4.37. The molecule has 1 aliphatic rings. The summed E-state index contributed by atoms with van der Waals surface area (Å²) >= 11 is 0. The topological polar surface area (TPSA) is 21.1 Å². The van der Waals surface area contributed by atoms with Crippen LogP contribution < -0.4 is 0 Å². The lowest BCUT2D eigenvalue weighted by molar-refractivity contribution is 0.178. The minimum Gasteiger partial charge on any atom is -0.327 e. The molecule has 0 radical (unpaired) electrons. The van der Waals surface area contributed by atoms with Crippen LogP contribution in [0.2, 0.25) is 0 Å². The first-order valence-electron chi connectivity index (χ1n) is 8.53. The van der Waals surface area contributed by atoms with Gasteiger partial charge in [0, 0.05) is 54.1 Å². The molecule has 1 aromatic carbocycles. The van der Waals surface area contributed by atoms with Crippen molar-refractivity contribution in [1.82, 2.24) is 14.5 Å². The molecule has 0 spiro atoms. The number of rotatable bonds is 2. The normalized spacial score (nSPS) is 15.2. The lowest BCUT2D eigenvalue weighted by Crippen LogP contribution is -2.38. The van der Waals surface area contributed by atoms with Gasteiger partial charge in [0.05, 0.1) is 0 Å². The number of fused-ring (bicyclic) bond motifs is 3. The summed E-state index contributed by atoms with van der Waals surface area (Å²) in [5.41, 5.74) is 5.07. The van der Waals surface area contributed by atoms with Gasteiger partial charge in [-0.25, -0.2) is 9.37 Å². The van der Waals surface area contributed by atoms with E-state index in [-0.39, 0.29) is 5.82 Å². The number of aryl methyl sites for hydroxylation is 1. The molecule has 4 heteroatoms. The van der Waals surface area contributed by atoms with E-state index in [1.807, 2.05) is 12.1 Å². The molecule has 124 valence electrons. The zero-order chi connectivity index (χ0) is 16.8. The fraction of sp³-hybridized carbons (Fsp3) is 0.350. The fourth-order valence-corrected chi connectivity index (χ4v) is 3.66. The van der Waals surface area contributed by atoms with E-state index >= 15 is 0 Å². The van der Waals surface area contributed by atoms with Crippen molar-refractivity contribution in [1.29, 1.82) is 0 Å². The van der Waals surface area contributed by atoms with Crippen LogP contribution in [0.1, 0.15) is 25.1 Å². The van der Waals surface area contributed by atoms with E-state index in [2.05, 4.69) is 41.3 Å². The first-order chi connectivity index (χ1) is 11.6. The zero-order valence-electron chi connectivity index (χ0n) is 14.4. The zero-order valence-corrected chi connectivity index (χ0v) is 14.4. The highest BCUT2D eigenvalue weighted by molar-refractivity contribution is 5.86. The van der Waals surface area contributed by atoms with E-state index in [4.69, 9.17) is 0 Å². The maximum absolute atomic E-state index is 14.1. The Labute approximate surface area is 141 Å². The summed E-state index contributed by atoms with van der Waals surface area (Å²) in [5.74, 6) is -0.203. The van der Waals surface area contributed by atoms with Crippen LogP contribution in [0.15, 0.2) is 36.5 Å². The Hall–Kier alpha value is -2.20. The Balaban J connectivity index is 1.85. The van der Waals surface area contributed by atoms with Crippen molar-refractivity contribution in [3.63, 3.8) is 0 Å². The van der Waals surface area contributed by atoms with E-state index in [0.29, 0.717) is 11.6 Å². The quantitative estimate of drug-likeness (QED) is 0.698. The first-order valence-corrected chi connectivity index (χ1v) is 8.53. The molecular formula is C20H22FN3. The Morgan fingerprint density at radius 3 is 2.71 bits per heavy atom. The molecule has 3 heterocycles. The van der Waals surface area contributed by atoms with E-state index in [1.165, 1.54) is 17.3 Å². The maximum atomic E-state index is 14.1. The number of benzene rings is 1. The molecule has 0 saturated heterocycles. The van der Waals surface area contributed by atoms with Crippen LogP contribution in [0, 0.1) is 12.7 Å². The van der Waals surface area contributed by atoms with Gasteiger partial charge in [-0.15, -0.1) is 0 Å². The summed E-state index contributed by atoms with van der Waals surface area (Å²) in [4.78, 5) is 7.17. The van der Waals surface area contributed by atoms with Crippen LogP contribution in [-0.4, -0.2) is 27.0 Å². The summed E-state index contributed by atoms with van der Waals surface area (Å²) in [6, 6.07) is 9.51. The van der Waals surface area contributed by atoms with Gasteiger partial charge in [-0.2, -0.15) is 0 Å². The van der Waals surface area contributed by atoms with Crippen LogP contribution >= 0.6 is 0 Å². The maximum Gasteiger partial charge on any atom is 0.140 e. The highest BCUT2D eigenvalue weighted by Crippen LogP contribution is 2.32. The average Bonchev–Trinajstić information content (AvgIpc) is 2.87. The first kappa shape index (κ1) is 15.3. The molecule has 0 bridgehead atoms. The van der Waals surface area contributed by atoms with E-state index in [9.17, 15) is 4.39 Å². The van der Waals surface area contributed by atoms with Gasteiger partial charge in [-0.3, -0.25) is 4.90 Å². The Bertz CT molecular complexity index is 911. The Kier molecular flexibility index (Phi) is 3.65. The third kappa shape index (κ3) is 2.33. The minimum atomic E-state index is -0.203. The van der Waals surface area contributed by atoms with Gasteiger partial charge in [-0.05, 0) is 38.5 Å². The van der Waals surface area contributed by atoms with Crippen LogP contribution in [0.4, 0.5) is 4.39 Å². The minimum absolute atomic E-state index is 0.203. The van der Waals surface area contributed by atoms with Crippen molar-refractivity contribution in [2.24, 2.45) is 0 Å². The average molecular weight is 323 g/mol. The third-order valence-corrected chi connectivity index (χ3v) is 5.16. The molecule has 4 rings (SSSR count). The molecule has 1 aliphatic heterocycles. The Morgan fingerprint density at radius 1 is 1.17 bits per heavy atom. The number of aromatic nitrogens is 2. The highest BCUT2D eigenvalue weighted by atomic mass is 19.1. The molecular weight excluding hydrogens is 301 g/mol. The number of hydrogen-bond donors (Lipinski definition) is 0. The Morgan fingerprint density at radius 2 is 1.96 bits per heavy atom. The van der Waals surface area contributed by atoms with E-state index in [1.54, 1.807) is 12.3 Å². The van der Waals surface area contributed by atoms with Crippen molar-refractivity contribution in [3.8, 4) is 11.1 Å². The van der Waals surface area contributed by atoms with Crippen molar-refractivity contribution in [2.45, 2.75) is 39.9 Å². The van der Waals surface area contributed by atoms with Gasteiger partial charge >= 0.3 is 0 Å². The van der Waals surface area contributed by atoms with Crippen molar-refractivity contribution in [2.75, 3.05) is 6.54 Å². The van der Waals surface area contributed by atoms with Crippen molar-refractivity contribution in [3.05, 3.63) is 53.6 Å². The summed E-state index contributed by atoms with van der Waals surface area (Å²) in [6.07, 6.45) is 1.79. The van der Waals surface area contributed by atoms with Crippen LogP contribution in [0.3, 0.4) is 0 Å². The second-order valence-electron chi connectivity index (χ2n) is 6.86. The fourth-order valence-electron chi connectivity index (χ4n) is 3.66. The smallest absolute Gasteiger partial charge is 0.140 e. The largest absolute Gasteiger partial charge is 0.327 e. The molecule has 0 atom stereocenters. The van der Waals surface area contributed by atoms with Gasteiger partial charge < -0.3 is 4.57 Å². The van der Waals surface area contributed by atoms with Gasteiger partial charge in [0.15, 0.2) is 0 Å². The van der Waals surface area contributed by atoms with E-state index in [0.717, 1.165) is 36.2 Å². The number of halogens is 1. The highest BCUT2D eigenvalue weighted by Gasteiger charge is 2.24. The second kappa shape index (κ2) is 5.71. The molecule has 3 nitrogen and oxygen atoms in total. The van der Waals surface area contributed by atoms with Gasteiger partial charge in [0.25, 0.3) is 0 Å². The summed E-state index contributed by atoms with van der Waals surface area (Å²) in [7, 11) is 0.